The first-order chi connectivity index (χ1) is 15.0. The summed E-state index contributed by atoms with van der Waals surface area (Å²) in [7, 11) is 3.98. The molecule has 0 unspecified atom stereocenters. The van der Waals surface area contributed by atoms with E-state index in [2.05, 4.69) is 10.6 Å². The molecular formula is C24H28FN5O. The second-order valence-electron chi connectivity index (χ2n) is 8.36. The number of fused-ring (bicyclic) bond motifs is 1. The molecule has 1 aliphatic rings. The molecule has 0 bridgehead atoms. The molecule has 0 atom stereocenters. The maximum absolute atomic E-state index is 13.0. The van der Waals surface area contributed by atoms with E-state index < -0.39 is 0 Å². The summed E-state index contributed by atoms with van der Waals surface area (Å²) in [6, 6.07) is 14.0. The van der Waals surface area contributed by atoms with Gasteiger partial charge in [-0.2, -0.15) is 4.98 Å². The van der Waals surface area contributed by atoms with Gasteiger partial charge in [0.25, 0.3) is 5.91 Å². The summed E-state index contributed by atoms with van der Waals surface area (Å²) in [5, 5.41) is 7.53. The van der Waals surface area contributed by atoms with Crippen LogP contribution in [-0.4, -0.2) is 42.6 Å². The number of halogens is 1. The first-order valence-corrected chi connectivity index (χ1v) is 10.7. The summed E-state index contributed by atoms with van der Waals surface area (Å²) in [5.74, 6) is 1.52. The van der Waals surface area contributed by atoms with Gasteiger partial charge in [0.2, 0.25) is 5.95 Å². The molecule has 31 heavy (non-hydrogen) atoms. The number of anilines is 2. The normalized spacial score (nSPS) is 18.5. The average Bonchev–Trinajstić information content (AvgIpc) is 2.78. The van der Waals surface area contributed by atoms with Crippen molar-refractivity contribution in [3.63, 3.8) is 0 Å². The molecule has 1 heterocycles. The zero-order valence-electron chi connectivity index (χ0n) is 17.9. The zero-order chi connectivity index (χ0) is 21.8. The number of carbonyl (C=O) groups is 1. The number of benzene rings is 2. The van der Waals surface area contributed by atoms with E-state index in [1.54, 1.807) is 0 Å². The number of hydrogen-bond acceptors (Lipinski definition) is 5. The van der Waals surface area contributed by atoms with Crippen molar-refractivity contribution in [1.29, 1.82) is 0 Å². The molecule has 1 fully saturated rings. The lowest BCUT2D eigenvalue weighted by Crippen LogP contribution is -2.34. The summed E-state index contributed by atoms with van der Waals surface area (Å²) in [6.07, 6.45) is 4.06. The molecule has 3 aromatic rings. The van der Waals surface area contributed by atoms with Crippen molar-refractivity contribution in [3.8, 4) is 0 Å². The van der Waals surface area contributed by atoms with Crippen LogP contribution in [0.1, 0.15) is 36.0 Å². The summed E-state index contributed by atoms with van der Waals surface area (Å²) in [4.78, 5) is 23.7. The van der Waals surface area contributed by atoms with Crippen LogP contribution in [0.3, 0.4) is 0 Å². The van der Waals surface area contributed by atoms with Gasteiger partial charge in [0.15, 0.2) is 0 Å². The predicted molar refractivity (Wildman–Crippen MR) is 122 cm³/mol. The molecule has 0 spiro atoms. The zero-order valence-corrected chi connectivity index (χ0v) is 17.9. The van der Waals surface area contributed by atoms with Crippen LogP contribution in [0.5, 0.6) is 0 Å². The smallest absolute Gasteiger partial charge is 0.251 e. The SMILES string of the molecule is CN(C)c1nc(NC2CCC(CNC(=O)c3ccc(F)cc3)CC2)nc2ccccc12. The lowest BCUT2D eigenvalue weighted by Gasteiger charge is -2.29. The molecule has 0 radical (unpaired) electrons. The fourth-order valence-corrected chi connectivity index (χ4v) is 4.10. The van der Waals surface area contributed by atoms with Gasteiger partial charge in [-0.05, 0) is 68.0 Å². The van der Waals surface area contributed by atoms with E-state index in [0.717, 1.165) is 42.4 Å². The van der Waals surface area contributed by atoms with Gasteiger partial charge < -0.3 is 15.5 Å². The fourth-order valence-electron chi connectivity index (χ4n) is 4.10. The average molecular weight is 422 g/mol. The number of carbonyl (C=O) groups excluding carboxylic acids is 1. The Hall–Kier alpha value is -3.22. The molecule has 0 saturated heterocycles. The van der Waals surface area contributed by atoms with Crippen molar-refractivity contribution < 1.29 is 9.18 Å². The van der Waals surface area contributed by atoms with Crippen molar-refractivity contribution in [1.82, 2.24) is 15.3 Å². The van der Waals surface area contributed by atoms with Crippen LogP contribution < -0.4 is 15.5 Å². The van der Waals surface area contributed by atoms with Gasteiger partial charge in [0.05, 0.1) is 5.52 Å². The van der Waals surface area contributed by atoms with Crippen molar-refractivity contribution in [2.45, 2.75) is 31.7 Å². The Kier molecular flexibility index (Phi) is 6.30. The van der Waals surface area contributed by atoms with E-state index >= 15 is 0 Å². The van der Waals surface area contributed by atoms with E-state index in [0.29, 0.717) is 30.0 Å². The fraction of sp³-hybridized carbons (Fsp3) is 0.375. The highest BCUT2D eigenvalue weighted by Crippen LogP contribution is 2.28. The molecular weight excluding hydrogens is 393 g/mol. The summed E-state index contributed by atoms with van der Waals surface area (Å²) >= 11 is 0. The van der Waals surface area contributed by atoms with E-state index in [1.807, 2.05) is 43.3 Å². The molecule has 6 nitrogen and oxygen atoms in total. The lowest BCUT2D eigenvalue weighted by molar-refractivity contribution is 0.0943. The molecule has 7 heteroatoms. The van der Waals surface area contributed by atoms with Crippen molar-refractivity contribution in [3.05, 3.63) is 59.9 Å². The van der Waals surface area contributed by atoms with Crippen molar-refractivity contribution in [2.24, 2.45) is 5.92 Å². The first-order valence-electron chi connectivity index (χ1n) is 10.7. The van der Waals surface area contributed by atoms with Gasteiger partial charge >= 0.3 is 0 Å². The van der Waals surface area contributed by atoms with Gasteiger partial charge in [-0.25, -0.2) is 9.37 Å². The van der Waals surface area contributed by atoms with Crippen molar-refractivity contribution in [2.75, 3.05) is 30.9 Å². The molecule has 1 amide bonds. The lowest BCUT2D eigenvalue weighted by atomic mass is 9.86. The maximum atomic E-state index is 13.0. The molecule has 0 aliphatic heterocycles. The third kappa shape index (κ3) is 5.10. The highest BCUT2D eigenvalue weighted by Gasteiger charge is 2.23. The minimum atomic E-state index is -0.338. The minimum absolute atomic E-state index is 0.152. The van der Waals surface area contributed by atoms with E-state index in [1.165, 1.54) is 24.3 Å². The van der Waals surface area contributed by atoms with Gasteiger partial charge in [-0.3, -0.25) is 4.79 Å². The standard InChI is InChI=1S/C24H28FN5O/c1-30(2)22-20-5-3-4-6-21(20)28-24(29-22)27-19-13-7-16(8-14-19)15-26-23(31)17-9-11-18(25)12-10-17/h3-6,9-12,16,19H,7-8,13-15H2,1-2H3,(H,26,31)(H,27,28,29). The van der Waals surface area contributed by atoms with Crippen LogP contribution in [0.2, 0.25) is 0 Å². The number of hydrogen-bond donors (Lipinski definition) is 2. The van der Waals surface area contributed by atoms with E-state index in [4.69, 9.17) is 9.97 Å². The number of aromatic nitrogens is 2. The van der Waals surface area contributed by atoms with E-state index in [9.17, 15) is 9.18 Å². The number of nitrogens with one attached hydrogen (secondary N) is 2. The van der Waals surface area contributed by atoms with Crippen LogP contribution in [0, 0.1) is 11.7 Å². The number of amides is 1. The summed E-state index contributed by atoms with van der Waals surface area (Å²) in [6.45, 7) is 0.639. The number of rotatable bonds is 6. The van der Waals surface area contributed by atoms with Crippen LogP contribution in [0.15, 0.2) is 48.5 Å². The van der Waals surface area contributed by atoms with Crippen LogP contribution in [0.4, 0.5) is 16.2 Å². The Bertz CT molecular complexity index is 1050. The quantitative estimate of drug-likeness (QED) is 0.623. The molecule has 1 saturated carbocycles. The monoisotopic (exact) mass is 421 g/mol. The van der Waals surface area contributed by atoms with E-state index in [-0.39, 0.29) is 11.7 Å². The van der Waals surface area contributed by atoms with Crippen LogP contribution in [-0.2, 0) is 0 Å². The summed E-state index contributed by atoms with van der Waals surface area (Å²) < 4.78 is 13.0. The largest absolute Gasteiger partial charge is 0.362 e. The van der Waals surface area contributed by atoms with Crippen LogP contribution in [0.25, 0.3) is 10.9 Å². The molecule has 4 rings (SSSR count). The molecule has 162 valence electrons. The maximum Gasteiger partial charge on any atom is 0.251 e. The predicted octanol–water partition coefficient (Wildman–Crippen LogP) is 4.24. The first kappa shape index (κ1) is 21.0. The third-order valence-electron chi connectivity index (χ3n) is 5.84. The number of nitrogens with zero attached hydrogens (tertiary/aromatic N) is 3. The highest BCUT2D eigenvalue weighted by molar-refractivity contribution is 5.94. The third-order valence-corrected chi connectivity index (χ3v) is 5.84. The van der Waals surface area contributed by atoms with Gasteiger partial charge in [0.1, 0.15) is 11.6 Å². The molecule has 1 aromatic heterocycles. The Labute approximate surface area is 181 Å². The Balaban J connectivity index is 1.31. The highest BCUT2D eigenvalue weighted by atomic mass is 19.1. The molecule has 2 aromatic carbocycles. The second-order valence-corrected chi connectivity index (χ2v) is 8.36. The number of para-hydroxylation sites is 1. The van der Waals surface area contributed by atoms with Gasteiger partial charge in [-0.15, -0.1) is 0 Å². The Morgan fingerprint density at radius 3 is 2.45 bits per heavy atom. The molecule has 2 N–H and O–H groups in total. The minimum Gasteiger partial charge on any atom is -0.362 e. The Morgan fingerprint density at radius 1 is 1.03 bits per heavy atom. The van der Waals surface area contributed by atoms with Crippen LogP contribution >= 0.6 is 0 Å². The Morgan fingerprint density at radius 2 is 1.74 bits per heavy atom. The van der Waals surface area contributed by atoms with Gasteiger partial charge in [-0.1, -0.05) is 12.1 Å². The summed E-state index contributed by atoms with van der Waals surface area (Å²) in [5.41, 5.74) is 1.42. The van der Waals surface area contributed by atoms with Gasteiger partial charge in [0, 0.05) is 37.6 Å². The topological polar surface area (TPSA) is 70.2 Å². The van der Waals surface area contributed by atoms with Crippen molar-refractivity contribution >= 4 is 28.6 Å². The molecule has 1 aliphatic carbocycles. The second kappa shape index (κ2) is 9.29.